The van der Waals surface area contributed by atoms with Crippen molar-refractivity contribution in [1.82, 2.24) is 15.1 Å². The number of thiazole rings is 1. The summed E-state index contributed by atoms with van der Waals surface area (Å²) in [4.78, 5) is 20.2. The molecule has 0 radical (unpaired) electrons. The first-order valence-electron chi connectivity index (χ1n) is 8.21. The molecule has 0 amide bonds. The lowest BCUT2D eigenvalue weighted by atomic mass is 10.0. The molecule has 3 rings (SSSR count). The van der Waals surface area contributed by atoms with Crippen molar-refractivity contribution in [3.63, 3.8) is 0 Å². The Hall–Kier alpha value is -2.80. The number of carbonyl (C=O) groups excluding carboxylic acids is 1. The van der Waals surface area contributed by atoms with Gasteiger partial charge in [0, 0.05) is 17.0 Å². The van der Waals surface area contributed by atoms with Crippen molar-refractivity contribution in [3.05, 3.63) is 57.9 Å². The van der Waals surface area contributed by atoms with Crippen LogP contribution in [0.5, 0.6) is 0 Å². The van der Waals surface area contributed by atoms with Gasteiger partial charge in [0.25, 0.3) is 5.89 Å². The van der Waals surface area contributed by atoms with E-state index < -0.39 is 5.97 Å². The van der Waals surface area contributed by atoms with Gasteiger partial charge in [0.05, 0.1) is 10.7 Å². The molecule has 0 spiro atoms. The molecule has 0 saturated carbocycles. The van der Waals surface area contributed by atoms with Gasteiger partial charge in [0.2, 0.25) is 5.82 Å². The van der Waals surface area contributed by atoms with Crippen molar-refractivity contribution in [3.8, 4) is 11.4 Å². The average Bonchev–Trinajstić information content (AvgIpc) is 3.27. The van der Waals surface area contributed by atoms with E-state index in [0.717, 1.165) is 16.3 Å². The summed E-state index contributed by atoms with van der Waals surface area (Å²) in [6.45, 7) is 6.11. The normalized spacial score (nSPS) is 11.4. The Labute approximate surface area is 155 Å². The summed E-state index contributed by atoms with van der Waals surface area (Å²) >= 11 is 1.52. The molecular formula is C19H19N3O3S. The summed E-state index contributed by atoms with van der Waals surface area (Å²) in [6.07, 6.45) is 2.94. The maximum atomic E-state index is 11.8. The lowest BCUT2D eigenvalue weighted by molar-refractivity contribution is -0.139. The summed E-state index contributed by atoms with van der Waals surface area (Å²) in [5, 5.41) is 6.74. The van der Waals surface area contributed by atoms with Gasteiger partial charge in [-0.05, 0) is 24.5 Å². The fraction of sp³-hybridized carbons (Fsp3) is 0.263. The number of esters is 1. The van der Waals surface area contributed by atoms with Crippen molar-refractivity contribution in [2.45, 2.75) is 33.3 Å². The van der Waals surface area contributed by atoms with Gasteiger partial charge >= 0.3 is 5.97 Å². The van der Waals surface area contributed by atoms with Gasteiger partial charge < -0.3 is 9.26 Å². The number of hydrogen-bond acceptors (Lipinski definition) is 7. The van der Waals surface area contributed by atoms with Gasteiger partial charge in [-0.2, -0.15) is 4.98 Å². The molecule has 3 aromatic rings. The van der Waals surface area contributed by atoms with Crippen LogP contribution in [0.25, 0.3) is 17.5 Å². The number of ether oxygens (including phenoxy) is 1. The fourth-order valence-electron chi connectivity index (χ4n) is 2.24. The first-order chi connectivity index (χ1) is 12.5. The Bertz CT molecular complexity index is 910. The zero-order valence-electron chi connectivity index (χ0n) is 14.8. The number of benzene rings is 1. The minimum atomic E-state index is -0.489. The van der Waals surface area contributed by atoms with Gasteiger partial charge in [-0.1, -0.05) is 43.3 Å². The first kappa shape index (κ1) is 18.0. The van der Waals surface area contributed by atoms with E-state index in [2.05, 4.69) is 29.0 Å². The number of aryl methyl sites for hydroxylation is 1. The minimum absolute atomic E-state index is 0.0731. The molecule has 0 N–H and O–H groups in total. The lowest BCUT2D eigenvalue weighted by Gasteiger charge is -2.04. The number of carbonyl (C=O) groups is 1. The van der Waals surface area contributed by atoms with E-state index >= 15 is 0 Å². The summed E-state index contributed by atoms with van der Waals surface area (Å²) in [5.41, 5.74) is 2.83. The molecule has 0 aliphatic heterocycles. The Morgan fingerprint density at radius 3 is 2.69 bits per heavy atom. The Morgan fingerprint density at radius 2 is 2.04 bits per heavy atom. The second-order valence-electron chi connectivity index (χ2n) is 6.02. The van der Waals surface area contributed by atoms with E-state index in [-0.39, 0.29) is 12.5 Å². The van der Waals surface area contributed by atoms with Crippen LogP contribution in [-0.2, 0) is 16.1 Å². The topological polar surface area (TPSA) is 78.1 Å². The number of hydrogen-bond donors (Lipinski definition) is 0. The van der Waals surface area contributed by atoms with E-state index in [1.165, 1.54) is 23.0 Å². The second kappa shape index (κ2) is 8.05. The zero-order valence-corrected chi connectivity index (χ0v) is 15.6. The van der Waals surface area contributed by atoms with Gasteiger partial charge in [0.15, 0.2) is 6.61 Å². The average molecular weight is 369 g/mol. The smallest absolute Gasteiger partial charge is 0.331 e. The van der Waals surface area contributed by atoms with E-state index in [1.807, 2.05) is 36.6 Å². The molecule has 2 heterocycles. The molecule has 2 aromatic heterocycles. The summed E-state index contributed by atoms with van der Waals surface area (Å²) in [5.74, 6) is 0.696. The highest BCUT2D eigenvalue weighted by Gasteiger charge is 2.11. The van der Waals surface area contributed by atoms with E-state index in [0.29, 0.717) is 11.7 Å². The summed E-state index contributed by atoms with van der Waals surface area (Å²) < 4.78 is 10.3. The van der Waals surface area contributed by atoms with Crippen LogP contribution < -0.4 is 0 Å². The fourth-order valence-corrected chi connectivity index (χ4v) is 2.82. The third-order valence-corrected chi connectivity index (χ3v) is 4.46. The molecule has 0 aliphatic rings. The maximum Gasteiger partial charge on any atom is 0.331 e. The van der Waals surface area contributed by atoms with Crippen LogP contribution >= 0.6 is 11.3 Å². The molecule has 7 heteroatoms. The van der Waals surface area contributed by atoms with Crippen LogP contribution in [0.2, 0.25) is 0 Å². The van der Waals surface area contributed by atoms with Crippen LogP contribution in [0.15, 0.2) is 40.2 Å². The molecule has 134 valence electrons. The molecule has 0 fully saturated rings. The molecule has 0 saturated heterocycles. The molecule has 0 atom stereocenters. The van der Waals surface area contributed by atoms with E-state index in [1.54, 1.807) is 6.08 Å². The van der Waals surface area contributed by atoms with Crippen molar-refractivity contribution >= 4 is 23.4 Å². The summed E-state index contributed by atoms with van der Waals surface area (Å²) in [6, 6.07) is 7.99. The largest absolute Gasteiger partial charge is 0.452 e. The van der Waals surface area contributed by atoms with Crippen LogP contribution in [0.4, 0.5) is 0 Å². The zero-order chi connectivity index (χ0) is 18.5. The van der Waals surface area contributed by atoms with Crippen molar-refractivity contribution in [1.29, 1.82) is 0 Å². The molecular weight excluding hydrogens is 350 g/mol. The van der Waals surface area contributed by atoms with Gasteiger partial charge in [-0.25, -0.2) is 9.78 Å². The van der Waals surface area contributed by atoms with Crippen molar-refractivity contribution in [2.75, 3.05) is 0 Å². The maximum absolute atomic E-state index is 11.8. The quantitative estimate of drug-likeness (QED) is 0.474. The Kier molecular flexibility index (Phi) is 5.58. The van der Waals surface area contributed by atoms with Crippen molar-refractivity contribution in [2.24, 2.45) is 0 Å². The third kappa shape index (κ3) is 4.64. The Balaban J connectivity index is 1.56. The Morgan fingerprint density at radius 1 is 1.27 bits per heavy atom. The van der Waals surface area contributed by atoms with Crippen LogP contribution in [0, 0.1) is 6.92 Å². The number of rotatable bonds is 6. The minimum Gasteiger partial charge on any atom is -0.452 e. The van der Waals surface area contributed by atoms with Gasteiger partial charge in [-0.3, -0.25) is 0 Å². The lowest BCUT2D eigenvalue weighted by Crippen LogP contribution is -2.01. The highest BCUT2D eigenvalue weighted by Crippen LogP contribution is 2.20. The monoisotopic (exact) mass is 369 g/mol. The van der Waals surface area contributed by atoms with Crippen LogP contribution in [-0.4, -0.2) is 21.1 Å². The molecule has 0 unspecified atom stereocenters. The molecule has 1 aromatic carbocycles. The second-order valence-corrected chi connectivity index (χ2v) is 7.08. The SMILES string of the molecule is Cc1nc(/C=C/C(=O)OCc2nc(-c3ccc(C(C)C)cc3)no2)cs1. The predicted octanol–water partition coefficient (Wildman–Crippen LogP) is 4.38. The molecule has 0 aliphatic carbocycles. The van der Waals surface area contributed by atoms with Gasteiger partial charge in [0.1, 0.15) is 0 Å². The predicted molar refractivity (Wildman–Crippen MR) is 99.5 cm³/mol. The van der Waals surface area contributed by atoms with Crippen LogP contribution in [0.1, 0.15) is 41.9 Å². The number of nitrogens with zero attached hydrogens (tertiary/aromatic N) is 3. The third-order valence-electron chi connectivity index (χ3n) is 3.67. The highest BCUT2D eigenvalue weighted by molar-refractivity contribution is 7.09. The van der Waals surface area contributed by atoms with Crippen LogP contribution in [0.3, 0.4) is 0 Å². The highest BCUT2D eigenvalue weighted by atomic mass is 32.1. The molecule has 26 heavy (non-hydrogen) atoms. The van der Waals surface area contributed by atoms with Crippen molar-refractivity contribution < 1.29 is 14.1 Å². The van der Waals surface area contributed by atoms with Gasteiger partial charge in [-0.15, -0.1) is 11.3 Å². The first-order valence-corrected chi connectivity index (χ1v) is 9.09. The number of aromatic nitrogens is 3. The molecule has 6 nitrogen and oxygen atoms in total. The summed E-state index contributed by atoms with van der Waals surface area (Å²) in [7, 11) is 0. The van der Waals surface area contributed by atoms with E-state index in [9.17, 15) is 4.79 Å². The van der Waals surface area contributed by atoms with E-state index in [4.69, 9.17) is 9.26 Å². The standard InChI is InChI=1S/C19H19N3O3S/c1-12(2)14-4-6-15(7-5-14)19-21-17(25-22-19)10-24-18(23)9-8-16-11-26-13(3)20-16/h4-9,11-12H,10H2,1-3H3/b9-8+. The molecule has 0 bridgehead atoms.